The molecule has 252 valence electrons. The second-order valence-electron chi connectivity index (χ2n) is 18.1. The van der Waals surface area contributed by atoms with Crippen LogP contribution in [0.4, 0.5) is 0 Å². The van der Waals surface area contributed by atoms with Gasteiger partial charge in [0, 0.05) is 22.3 Å². The van der Waals surface area contributed by atoms with Crippen LogP contribution < -0.4 is 0 Å². The van der Waals surface area contributed by atoms with Gasteiger partial charge in [-0.25, -0.2) is 4.79 Å². The average molecular weight is 625 g/mol. The van der Waals surface area contributed by atoms with Crippen molar-refractivity contribution in [3.05, 3.63) is 12.2 Å². The quantitative estimate of drug-likeness (QED) is 0.177. The van der Waals surface area contributed by atoms with E-state index in [1.807, 2.05) is 0 Å². The average Bonchev–Trinajstić information content (AvgIpc) is 3.01. The Morgan fingerprint density at radius 2 is 0.956 bits per heavy atom. The maximum Gasteiger partial charge on any atom is 0.333 e. The van der Waals surface area contributed by atoms with Crippen LogP contribution in [0.3, 0.4) is 0 Å². The zero-order chi connectivity index (χ0) is 31.5. The third-order valence-electron chi connectivity index (χ3n) is 15.7. The van der Waals surface area contributed by atoms with E-state index in [2.05, 4.69) is 6.58 Å². The van der Waals surface area contributed by atoms with Gasteiger partial charge in [-0.2, -0.15) is 0 Å². The molecule has 12 bridgehead atoms. The maximum absolute atomic E-state index is 11.6. The lowest BCUT2D eigenvalue weighted by molar-refractivity contribution is -0.174. The van der Waals surface area contributed by atoms with Gasteiger partial charge < -0.3 is 24.9 Å². The maximum atomic E-state index is 11.6. The largest absolute Gasteiger partial charge is 0.462 e. The number of rotatable bonds is 7. The number of aliphatic hydroxyl groups excluding tert-OH is 3. The van der Waals surface area contributed by atoms with Gasteiger partial charge in [-0.15, -0.1) is 0 Å². The summed E-state index contributed by atoms with van der Waals surface area (Å²) in [4.78, 5) is 22.5. The third-order valence-corrected chi connectivity index (χ3v) is 15.7. The predicted molar refractivity (Wildman–Crippen MR) is 173 cm³/mol. The summed E-state index contributed by atoms with van der Waals surface area (Å²) in [6.45, 7) is 6.24. The van der Waals surface area contributed by atoms with Crippen LogP contribution >= 0.6 is 0 Å². The molecule has 12 rings (SSSR count). The first-order valence-electron chi connectivity index (χ1n) is 18.8. The van der Waals surface area contributed by atoms with Gasteiger partial charge in [-0.3, -0.25) is 0 Å². The molecule has 6 nitrogen and oxygen atoms in total. The first-order chi connectivity index (χ1) is 21.7. The summed E-state index contributed by atoms with van der Waals surface area (Å²) >= 11 is 0. The Balaban J connectivity index is 0.000000111. The standard InChI is InChI=1S/C16H24O3.C12H20O2.C11H16O/c1-10(2)15(18)19-9-16(8-17)13-4-11-3-12(6-13)7-14(16)5-11;13-6-12(7-14)10-2-8-1-9(4-10)5-11(12)3-8;12-6-11-9-2-7-1-8(4-9)5-10(11)3-7/h11-14,17H,1,3-9H2,2H3;8-11,13-14H,1-7H2;6-11H,1-5H2. The highest BCUT2D eigenvalue weighted by molar-refractivity contribution is 5.86. The number of aldehydes is 1. The summed E-state index contributed by atoms with van der Waals surface area (Å²) in [5.74, 6) is 9.62. The molecule has 0 aromatic rings. The van der Waals surface area contributed by atoms with E-state index in [-0.39, 0.29) is 36.6 Å². The molecule has 3 N–H and O–H groups in total. The van der Waals surface area contributed by atoms with Gasteiger partial charge in [-0.1, -0.05) is 6.58 Å². The van der Waals surface area contributed by atoms with Crippen molar-refractivity contribution < 1.29 is 29.6 Å². The minimum atomic E-state index is -0.318. The predicted octanol–water partition coefficient (Wildman–Crippen LogP) is 6.21. The van der Waals surface area contributed by atoms with Crippen molar-refractivity contribution in [1.82, 2.24) is 0 Å². The second kappa shape index (κ2) is 12.7. The molecular formula is C39H60O6. The van der Waals surface area contributed by atoms with Crippen molar-refractivity contribution in [2.75, 3.05) is 26.4 Å². The summed E-state index contributed by atoms with van der Waals surface area (Å²) in [5, 5.41) is 29.2. The molecule has 0 atom stereocenters. The fourth-order valence-electron chi connectivity index (χ4n) is 13.9. The summed E-state index contributed by atoms with van der Waals surface area (Å²) in [5.41, 5.74) is 0.170. The Morgan fingerprint density at radius 1 is 0.622 bits per heavy atom. The number of hydrogen-bond donors (Lipinski definition) is 3. The smallest absolute Gasteiger partial charge is 0.333 e. The van der Waals surface area contributed by atoms with E-state index in [0.717, 1.165) is 47.3 Å². The van der Waals surface area contributed by atoms with Crippen LogP contribution in [-0.2, 0) is 14.3 Å². The van der Waals surface area contributed by atoms with Crippen molar-refractivity contribution in [3.63, 3.8) is 0 Å². The summed E-state index contributed by atoms with van der Waals surface area (Å²) in [6.07, 6.45) is 21.0. The molecule has 0 aromatic heterocycles. The van der Waals surface area contributed by atoms with E-state index in [4.69, 9.17) is 4.74 Å². The van der Waals surface area contributed by atoms with Crippen LogP contribution in [0.1, 0.15) is 103 Å². The van der Waals surface area contributed by atoms with Gasteiger partial charge in [0.15, 0.2) is 0 Å². The first kappa shape index (κ1) is 32.3. The SMILES string of the molecule is C=C(C)C(=O)OCC1(CO)C2CC3CC(C2)CC1C3.O=CC1C2CC3CC(C2)CC1C3.OCC1(CO)C2CC3CC(C2)CC1C3. The van der Waals surface area contributed by atoms with Crippen molar-refractivity contribution in [3.8, 4) is 0 Å². The molecule has 6 heteroatoms. The number of esters is 1. The van der Waals surface area contributed by atoms with Crippen molar-refractivity contribution in [1.29, 1.82) is 0 Å². The van der Waals surface area contributed by atoms with Crippen LogP contribution in [0.15, 0.2) is 12.2 Å². The Bertz CT molecular complexity index is 1020. The van der Waals surface area contributed by atoms with E-state index >= 15 is 0 Å². The van der Waals surface area contributed by atoms with Crippen molar-refractivity contribution in [2.45, 2.75) is 103 Å². The van der Waals surface area contributed by atoms with E-state index in [9.17, 15) is 24.9 Å². The van der Waals surface area contributed by atoms with Gasteiger partial charge >= 0.3 is 5.97 Å². The fraction of sp³-hybridized carbons (Fsp3) is 0.897. The first-order valence-corrected chi connectivity index (χ1v) is 18.8. The van der Waals surface area contributed by atoms with Crippen LogP contribution in [0.25, 0.3) is 0 Å². The van der Waals surface area contributed by atoms with Gasteiger partial charge in [-0.05, 0) is 174 Å². The van der Waals surface area contributed by atoms with Crippen LogP contribution in [0, 0.1) is 87.8 Å². The molecule has 0 aromatic carbocycles. The van der Waals surface area contributed by atoms with Crippen LogP contribution in [0.2, 0.25) is 0 Å². The van der Waals surface area contributed by atoms with Gasteiger partial charge in [0.05, 0.1) is 26.4 Å². The Labute approximate surface area is 271 Å². The molecule has 45 heavy (non-hydrogen) atoms. The number of carbonyl (C=O) groups excluding carboxylic acids is 2. The Morgan fingerprint density at radius 3 is 1.27 bits per heavy atom. The monoisotopic (exact) mass is 624 g/mol. The lowest BCUT2D eigenvalue weighted by Gasteiger charge is -2.60. The number of ether oxygens (including phenoxy) is 1. The number of hydrogen-bond acceptors (Lipinski definition) is 6. The lowest BCUT2D eigenvalue weighted by atomic mass is 9.45. The molecule has 0 unspecified atom stereocenters. The van der Waals surface area contributed by atoms with E-state index in [1.165, 1.54) is 103 Å². The van der Waals surface area contributed by atoms with Crippen LogP contribution in [0.5, 0.6) is 0 Å². The van der Waals surface area contributed by atoms with Gasteiger partial charge in [0.2, 0.25) is 0 Å². The molecule has 0 spiro atoms. The van der Waals surface area contributed by atoms with Crippen LogP contribution in [-0.4, -0.2) is 54.0 Å². The molecule has 12 fully saturated rings. The zero-order valence-electron chi connectivity index (χ0n) is 27.8. The topological polar surface area (TPSA) is 104 Å². The van der Waals surface area contributed by atoms with Gasteiger partial charge in [0.25, 0.3) is 0 Å². The summed E-state index contributed by atoms with van der Waals surface area (Å²) < 4.78 is 5.43. The molecule has 0 aliphatic heterocycles. The Hall–Kier alpha value is -1.24. The minimum Gasteiger partial charge on any atom is -0.462 e. The molecule has 0 amide bonds. The third kappa shape index (κ3) is 5.69. The fourth-order valence-corrected chi connectivity index (χ4v) is 13.9. The molecule has 0 heterocycles. The molecule has 12 aliphatic rings. The normalized spacial score (nSPS) is 48.2. The molecule has 12 saturated carbocycles. The second-order valence-corrected chi connectivity index (χ2v) is 18.1. The minimum absolute atomic E-state index is 0.104. The van der Waals surface area contributed by atoms with E-state index in [1.54, 1.807) is 6.92 Å². The highest BCUT2D eigenvalue weighted by Gasteiger charge is 2.58. The molecular weight excluding hydrogens is 564 g/mol. The number of carbonyl (C=O) groups is 2. The van der Waals surface area contributed by atoms with Crippen molar-refractivity contribution >= 4 is 12.3 Å². The molecule has 0 saturated heterocycles. The summed E-state index contributed by atoms with van der Waals surface area (Å²) in [6, 6.07) is 0. The zero-order valence-corrected chi connectivity index (χ0v) is 27.8. The number of aliphatic hydroxyl groups is 3. The van der Waals surface area contributed by atoms with E-state index < -0.39 is 0 Å². The van der Waals surface area contributed by atoms with Gasteiger partial charge in [0.1, 0.15) is 6.29 Å². The van der Waals surface area contributed by atoms with E-state index in [0.29, 0.717) is 41.8 Å². The highest BCUT2D eigenvalue weighted by atomic mass is 16.5. The summed E-state index contributed by atoms with van der Waals surface area (Å²) in [7, 11) is 0. The Kier molecular flexibility index (Phi) is 9.09. The lowest BCUT2D eigenvalue weighted by Crippen LogP contribution is -2.57. The van der Waals surface area contributed by atoms with Crippen molar-refractivity contribution in [2.24, 2.45) is 87.8 Å². The molecule has 0 radical (unpaired) electrons. The molecule has 12 aliphatic carbocycles. The highest BCUT2D eigenvalue weighted by Crippen LogP contribution is 2.63.